The van der Waals surface area contributed by atoms with Gasteiger partial charge in [-0.05, 0) is 48.0 Å². The third-order valence-electron chi connectivity index (χ3n) is 4.79. The Bertz CT molecular complexity index is 921. The van der Waals surface area contributed by atoms with Gasteiger partial charge in [-0.1, -0.05) is 18.2 Å². The standard InChI is InChI=1S/C18H20N6O/c1-13-5-3-4-6-16(13)22-9-10-23(14(2)12-22)18(25)15-7-8-24-17(11-15)19-20-21-24/h3-8,11,14H,9-10,12H2,1-2H3. The first-order valence-corrected chi connectivity index (χ1v) is 8.43. The Balaban J connectivity index is 1.52. The van der Waals surface area contributed by atoms with E-state index < -0.39 is 0 Å². The van der Waals surface area contributed by atoms with Gasteiger partial charge in [0.15, 0.2) is 5.65 Å². The number of rotatable bonds is 2. The zero-order valence-electron chi connectivity index (χ0n) is 14.3. The van der Waals surface area contributed by atoms with Crippen LogP contribution in [0, 0.1) is 6.92 Å². The lowest BCUT2D eigenvalue weighted by Gasteiger charge is -2.41. The van der Waals surface area contributed by atoms with Crippen LogP contribution < -0.4 is 4.90 Å². The summed E-state index contributed by atoms with van der Waals surface area (Å²) in [6, 6.07) is 12.0. The summed E-state index contributed by atoms with van der Waals surface area (Å²) >= 11 is 0. The Morgan fingerprint density at radius 1 is 1.20 bits per heavy atom. The molecule has 1 saturated heterocycles. The van der Waals surface area contributed by atoms with Crippen molar-refractivity contribution in [3.05, 3.63) is 53.7 Å². The second-order valence-corrected chi connectivity index (χ2v) is 6.48. The normalized spacial score (nSPS) is 17.9. The highest BCUT2D eigenvalue weighted by atomic mass is 16.2. The number of amides is 1. The van der Waals surface area contributed by atoms with Gasteiger partial charge < -0.3 is 9.80 Å². The molecule has 3 heterocycles. The maximum Gasteiger partial charge on any atom is 0.254 e. The summed E-state index contributed by atoms with van der Waals surface area (Å²) in [4.78, 5) is 17.2. The molecule has 0 saturated carbocycles. The summed E-state index contributed by atoms with van der Waals surface area (Å²) in [5.41, 5.74) is 3.71. The van der Waals surface area contributed by atoms with Crippen molar-refractivity contribution in [2.75, 3.05) is 24.5 Å². The fraction of sp³-hybridized carbons (Fsp3) is 0.333. The fourth-order valence-corrected chi connectivity index (χ4v) is 3.44. The van der Waals surface area contributed by atoms with Gasteiger partial charge in [-0.25, -0.2) is 4.52 Å². The number of aryl methyl sites for hydroxylation is 1. The smallest absolute Gasteiger partial charge is 0.254 e. The van der Waals surface area contributed by atoms with Gasteiger partial charge in [0.1, 0.15) is 0 Å². The zero-order valence-corrected chi connectivity index (χ0v) is 14.3. The van der Waals surface area contributed by atoms with E-state index in [0.717, 1.165) is 13.1 Å². The number of para-hydroxylation sites is 1. The van der Waals surface area contributed by atoms with E-state index in [2.05, 4.69) is 58.5 Å². The molecule has 1 amide bonds. The van der Waals surface area contributed by atoms with Crippen LogP contribution in [0.3, 0.4) is 0 Å². The molecule has 3 aromatic rings. The number of fused-ring (bicyclic) bond motifs is 1. The van der Waals surface area contributed by atoms with Gasteiger partial charge in [0, 0.05) is 43.1 Å². The van der Waals surface area contributed by atoms with Crippen molar-refractivity contribution in [1.82, 2.24) is 24.9 Å². The van der Waals surface area contributed by atoms with E-state index in [9.17, 15) is 4.79 Å². The van der Waals surface area contributed by atoms with E-state index in [1.54, 1.807) is 22.8 Å². The fourth-order valence-electron chi connectivity index (χ4n) is 3.44. The average Bonchev–Trinajstić information content (AvgIpc) is 3.09. The minimum absolute atomic E-state index is 0.0300. The van der Waals surface area contributed by atoms with Crippen LogP contribution >= 0.6 is 0 Å². The van der Waals surface area contributed by atoms with Crippen molar-refractivity contribution >= 4 is 17.2 Å². The molecular weight excluding hydrogens is 316 g/mol. The summed E-state index contributed by atoms with van der Waals surface area (Å²) in [5, 5.41) is 11.3. The summed E-state index contributed by atoms with van der Waals surface area (Å²) in [5.74, 6) is 0.0300. The highest BCUT2D eigenvalue weighted by Gasteiger charge is 2.28. The van der Waals surface area contributed by atoms with Crippen LogP contribution in [0.15, 0.2) is 42.6 Å². The number of pyridine rings is 1. The van der Waals surface area contributed by atoms with Crippen molar-refractivity contribution in [2.24, 2.45) is 0 Å². The van der Waals surface area contributed by atoms with Crippen LogP contribution in [0.5, 0.6) is 0 Å². The molecule has 1 aliphatic heterocycles. The number of carbonyl (C=O) groups excluding carboxylic acids is 1. The summed E-state index contributed by atoms with van der Waals surface area (Å²) in [7, 11) is 0. The molecule has 0 spiro atoms. The van der Waals surface area contributed by atoms with Crippen LogP contribution in [0.2, 0.25) is 0 Å². The largest absolute Gasteiger partial charge is 0.367 e. The van der Waals surface area contributed by atoms with Gasteiger partial charge in [-0.15, -0.1) is 5.10 Å². The van der Waals surface area contributed by atoms with E-state index >= 15 is 0 Å². The van der Waals surface area contributed by atoms with Gasteiger partial charge >= 0.3 is 0 Å². The number of aromatic nitrogens is 4. The molecule has 128 valence electrons. The molecule has 2 aromatic heterocycles. The number of tetrazole rings is 1. The first-order valence-electron chi connectivity index (χ1n) is 8.43. The van der Waals surface area contributed by atoms with Crippen molar-refractivity contribution < 1.29 is 4.79 Å². The number of hydrogen-bond acceptors (Lipinski definition) is 5. The minimum Gasteiger partial charge on any atom is -0.367 e. The Hall–Kier alpha value is -2.96. The number of anilines is 1. The Morgan fingerprint density at radius 2 is 2.04 bits per heavy atom. The molecule has 1 atom stereocenters. The molecule has 0 aliphatic carbocycles. The summed E-state index contributed by atoms with van der Waals surface area (Å²) in [6.45, 7) is 6.57. The number of benzene rings is 1. The molecule has 4 rings (SSSR count). The minimum atomic E-state index is 0.0300. The molecule has 7 heteroatoms. The molecule has 1 fully saturated rings. The predicted molar refractivity (Wildman–Crippen MR) is 94.7 cm³/mol. The molecule has 1 aliphatic rings. The van der Waals surface area contributed by atoms with Crippen molar-refractivity contribution in [3.8, 4) is 0 Å². The topological polar surface area (TPSA) is 66.6 Å². The molecular formula is C18H20N6O. The molecule has 7 nitrogen and oxygen atoms in total. The van der Waals surface area contributed by atoms with E-state index in [-0.39, 0.29) is 11.9 Å². The lowest BCUT2D eigenvalue weighted by molar-refractivity contribution is 0.0674. The highest BCUT2D eigenvalue weighted by Crippen LogP contribution is 2.23. The number of hydrogen-bond donors (Lipinski definition) is 0. The third-order valence-corrected chi connectivity index (χ3v) is 4.79. The second-order valence-electron chi connectivity index (χ2n) is 6.48. The van der Waals surface area contributed by atoms with Gasteiger partial charge in [0.05, 0.1) is 0 Å². The van der Waals surface area contributed by atoms with Gasteiger partial charge in [-0.2, -0.15) is 0 Å². The average molecular weight is 336 g/mol. The van der Waals surface area contributed by atoms with Crippen LogP contribution in [0.1, 0.15) is 22.8 Å². The maximum atomic E-state index is 12.9. The SMILES string of the molecule is Cc1ccccc1N1CCN(C(=O)c2ccn3nnnc3c2)C(C)C1. The highest BCUT2D eigenvalue weighted by molar-refractivity contribution is 5.95. The Labute approximate surface area is 145 Å². The van der Waals surface area contributed by atoms with E-state index in [1.165, 1.54) is 11.3 Å². The molecule has 1 unspecified atom stereocenters. The molecule has 0 N–H and O–H groups in total. The molecule has 25 heavy (non-hydrogen) atoms. The van der Waals surface area contributed by atoms with Crippen LogP contribution in [0.25, 0.3) is 5.65 Å². The maximum absolute atomic E-state index is 12.9. The molecule has 0 bridgehead atoms. The monoisotopic (exact) mass is 336 g/mol. The van der Waals surface area contributed by atoms with Crippen LogP contribution in [0.4, 0.5) is 5.69 Å². The Kier molecular flexibility index (Phi) is 3.83. The van der Waals surface area contributed by atoms with Crippen LogP contribution in [-0.4, -0.2) is 56.5 Å². The second kappa shape index (κ2) is 6.16. The van der Waals surface area contributed by atoms with Crippen molar-refractivity contribution in [2.45, 2.75) is 19.9 Å². The van der Waals surface area contributed by atoms with Gasteiger partial charge in [0.2, 0.25) is 0 Å². The Morgan fingerprint density at radius 3 is 2.84 bits per heavy atom. The van der Waals surface area contributed by atoms with E-state index in [0.29, 0.717) is 17.8 Å². The summed E-state index contributed by atoms with van der Waals surface area (Å²) in [6.07, 6.45) is 1.72. The lowest BCUT2D eigenvalue weighted by Crippen LogP contribution is -2.54. The van der Waals surface area contributed by atoms with Gasteiger partial charge in [-0.3, -0.25) is 4.79 Å². The summed E-state index contributed by atoms with van der Waals surface area (Å²) < 4.78 is 1.55. The number of piperazine rings is 1. The zero-order chi connectivity index (χ0) is 17.4. The van der Waals surface area contributed by atoms with E-state index in [1.807, 2.05) is 4.90 Å². The lowest BCUT2D eigenvalue weighted by atomic mass is 10.1. The van der Waals surface area contributed by atoms with Crippen molar-refractivity contribution in [1.29, 1.82) is 0 Å². The first kappa shape index (κ1) is 15.6. The number of carbonyl (C=O) groups is 1. The quantitative estimate of drug-likeness (QED) is 0.714. The molecule has 0 radical (unpaired) electrons. The van der Waals surface area contributed by atoms with Crippen LogP contribution in [-0.2, 0) is 0 Å². The van der Waals surface area contributed by atoms with Crippen molar-refractivity contribution in [3.63, 3.8) is 0 Å². The third kappa shape index (κ3) is 2.82. The predicted octanol–water partition coefficient (Wildman–Crippen LogP) is 1.78. The number of nitrogens with zero attached hydrogens (tertiary/aromatic N) is 6. The van der Waals surface area contributed by atoms with E-state index in [4.69, 9.17) is 0 Å². The molecule has 1 aromatic carbocycles. The van der Waals surface area contributed by atoms with Gasteiger partial charge in [0.25, 0.3) is 5.91 Å². The first-order chi connectivity index (χ1) is 12.1.